The first-order valence-electron chi connectivity index (χ1n) is 4.30. The number of ether oxygens (including phenoxy) is 1. The first-order chi connectivity index (χ1) is 6.86. The average molecular weight is 185 g/mol. The summed E-state index contributed by atoms with van der Waals surface area (Å²) in [6, 6.07) is 11.1. The number of methoxy groups -OCH3 is 1. The summed E-state index contributed by atoms with van der Waals surface area (Å²) in [5, 5.41) is 1.82. The molecule has 0 amide bonds. The molecular formula is C12H9O2. The lowest BCUT2D eigenvalue weighted by Crippen LogP contribution is -1.88. The van der Waals surface area contributed by atoms with Gasteiger partial charge in [0, 0.05) is 10.9 Å². The van der Waals surface area contributed by atoms with Gasteiger partial charge in [-0.2, -0.15) is 0 Å². The van der Waals surface area contributed by atoms with Gasteiger partial charge in [-0.3, -0.25) is 4.79 Å². The molecule has 0 saturated carbocycles. The van der Waals surface area contributed by atoms with Crippen molar-refractivity contribution in [2.45, 2.75) is 0 Å². The summed E-state index contributed by atoms with van der Waals surface area (Å²) in [4.78, 5) is 10.7. The molecule has 2 aromatic carbocycles. The Morgan fingerprint density at radius 2 is 1.79 bits per heavy atom. The van der Waals surface area contributed by atoms with Gasteiger partial charge in [-0.05, 0) is 17.5 Å². The largest absolute Gasteiger partial charge is 0.496 e. The quantitative estimate of drug-likeness (QED) is 0.717. The van der Waals surface area contributed by atoms with Gasteiger partial charge in [0.25, 0.3) is 0 Å². The molecule has 0 aliphatic heterocycles. The minimum Gasteiger partial charge on any atom is -0.496 e. The molecule has 0 aromatic heterocycles. The summed E-state index contributed by atoms with van der Waals surface area (Å²) in [6.07, 6.45) is 1.92. The first kappa shape index (κ1) is 8.75. The van der Waals surface area contributed by atoms with E-state index in [4.69, 9.17) is 4.74 Å². The number of rotatable bonds is 2. The molecule has 1 radical (unpaired) electrons. The highest BCUT2D eigenvalue weighted by Gasteiger charge is 2.04. The van der Waals surface area contributed by atoms with Crippen molar-refractivity contribution >= 4 is 17.1 Å². The standard InChI is InChI=1S/C12H9O2/c1-14-12-7-6-9(8-13)10-4-2-3-5-11(10)12/h2-7H,1H3. The van der Waals surface area contributed by atoms with Crippen LogP contribution in [0.3, 0.4) is 0 Å². The van der Waals surface area contributed by atoms with E-state index in [9.17, 15) is 4.79 Å². The van der Waals surface area contributed by atoms with E-state index in [2.05, 4.69) is 0 Å². The van der Waals surface area contributed by atoms with Crippen LogP contribution >= 0.6 is 0 Å². The Labute approximate surface area is 82.1 Å². The van der Waals surface area contributed by atoms with Crippen LogP contribution in [0.15, 0.2) is 36.4 Å². The summed E-state index contributed by atoms with van der Waals surface area (Å²) >= 11 is 0. The Bertz CT molecular complexity index is 475. The van der Waals surface area contributed by atoms with Crippen LogP contribution in [0.4, 0.5) is 0 Å². The molecule has 14 heavy (non-hydrogen) atoms. The van der Waals surface area contributed by atoms with Crippen LogP contribution < -0.4 is 4.74 Å². The number of carbonyl (C=O) groups excluding carboxylic acids is 1. The molecule has 0 N–H and O–H groups in total. The molecule has 2 nitrogen and oxygen atoms in total. The smallest absolute Gasteiger partial charge is 0.234 e. The van der Waals surface area contributed by atoms with Gasteiger partial charge in [0.2, 0.25) is 6.29 Å². The Balaban J connectivity index is 2.84. The zero-order valence-corrected chi connectivity index (χ0v) is 7.78. The number of fused-ring (bicyclic) bond motifs is 1. The lowest BCUT2D eigenvalue weighted by molar-refractivity contribution is 0.420. The number of hydrogen-bond acceptors (Lipinski definition) is 2. The summed E-state index contributed by atoms with van der Waals surface area (Å²) in [5.41, 5.74) is 0.571. The highest BCUT2D eigenvalue weighted by atomic mass is 16.5. The van der Waals surface area contributed by atoms with Gasteiger partial charge in [-0.25, -0.2) is 0 Å². The molecule has 0 unspecified atom stereocenters. The van der Waals surface area contributed by atoms with Gasteiger partial charge in [-0.15, -0.1) is 0 Å². The topological polar surface area (TPSA) is 26.3 Å². The molecule has 0 bridgehead atoms. The van der Waals surface area contributed by atoms with E-state index >= 15 is 0 Å². The van der Waals surface area contributed by atoms with E-state index in [0.717, 1.165) is 16.5 Å². The molecule has 69 valence electrons. The highest BCUT2D eigenvalue weighted by molar-refractivity contribution is 6.01. The minimum atomic E-state index is 0.571. The molecule has 2 heteroatoms. The normalized spacial score (nSPS) is 10.1. The fourth-order valence-electron chi connectivity index (χ4n) is 1.54. The van der Waals surface area contributed by atoms with Gasteiger partial charge < -0.3 is 4.74 Å². The Kier molecular flexibility index (Phi) is 2.19. The second-order valence-corrected chi connectivity index (χ2v) is 2.96. The fraction of sp³-hybridized carbons (Fsp3) is 0.0833. The molecule has 0 aliphatic rings. The predicted octanol–water partition coefficient (Wildman–Crippen LogP) is 2.31. The Morgan fingerprint density at radius 3 is 2.43 bits per heavy atom. The third kappa shape index (κ3) is 1.25. The second-order valence-electron chi connectivity index (χ2n) is 2.96. The maximum atomic E-state index is 10.7. The lowest BCUT2D eigenvalue weighted by Gasteiger charge is -2.05. The number of benzene rings is 2. The summed E-state index contributed by atoms with van der Waals surface area (Å²) in [6.45, 7) is 0. The first-order valence-corrected chi connectivity index (χ1v) is 4.30. The highest BCUT2D eigenvalue weighted by Crippen LogP contribution is 2.27. The molecule has 0 saturated heterocycles. The molecule has 2 aromatic rings. The zero-order valence-electron chi connectivity index (χ0n) is 7.78. The molecular weight excluding hydrogens is 176 g/mol. The van der Waals surface area contributed by atoms with E-state index in [-0.39, 0.29) is 0 Å². The molecule has 0 heterocycles. The van der Waals surface area contributed by atoms with Crippen LogP contribution in [-0.4, -0.2) is 13.4 Å². The van der Waals surface area contributed by atoms with Crippen LogP contribution in [-0.2, 0) is 4.79 Å². The maximum absolute atomic E-state index is 10.7. The van der Waals surface area contributed by atoms with Crippen molar-refractivity contribution in [3.63, 3.8) is 0 Å². The van der Waals surface area contributed by atoms with Crippen molar-refractivity contribution in [2.75, 3.05) is 7.11 Å². The van der Waals surface area contributed by atoms with E-state index in [1.807, 2.05) is 30.6 Å². The van der Waals surface area contributed by atoms with Gasteiger partial charge in [0.1, 0.15) is 5.75 Å². The van der Waals surface area contributed by atoms with E-state index < -0.39 is 0 Å². The molecule has 2 rings (SSSR count). The van der Waals surface area contributed by atoms with Crippen molar-refractivity contribution in [1.82, 2.24) is 0 Å². The van der Waals surface area contributed by atoms with Crippen LogP contribution in [0.5, 0.6) is 5.75 Å². The number of hydrogen-bond donors (Lipinski definition) is 0. The molecule has 0 spiro atoms. The summed E-state index contributed by atoms with van der Waals surface area (Å²) in [5.74, 6) is 0.777. The van der Waals surface area contributed by atoms with Gasteiger partial charge in [0.15, 0.2) is 0 Å². The predicted molar refractivity (Wildman–Crippen MR) is 55.3 cm³/mol. The van der Waals surface area contributed by atoms with E-state index in [0.29, 0.717) is 5.56 Å². The van der Waals surface area contributed by atoms with Gasteiger partial charge in [0.05, 0.1) is 7.11 Å². The maximum Gasteiger partial charge on any atom is 0.234 e. The third-order valence-corrected chi connectivity index (χ3v) is 2.21. The third-order valence-electron chi connectivity index (χ3n) is 2.21. The van der Waals surface area contributed by atoms with Crippen molar-refractivity contribution in [3.8, 4) is 5.75 Å². The SMILES string of the molecule is COc1ccc([C]=O)c2ccccc12. The monoisotopic (exact) mass is 185 g/mol. The lowest BCUT2D eigenvalue weighted by atomic mass is 10.0. The molecule has 0 fully saturated rings. The molecule has 0 aliphatic carbocycles. The summed E-state index contributed by atoms with van der Waals surface area (Å²) in [7, 11) is 1.62. The van der Waals surface area contributed by atoms with Gasteiger partial charge in [-0.1, -0.05) is 24.3 Å². The van der Waals surface area contributed by atoms with E-state index in [1.54, 1.807) is 19.2 Å². The van der Waals surface area contributed by atoms with Crippen molar-refractivity contribution in [1.29, 1.82) is 0 Å². The second kappa shape index (κ2) is 3.50. The molecule has 0 atom stereocenters. The van der Waals surface area contributed by atoms with Crippen molar-refractivity contribution in [2.24, 2.45) is 0 Å². The Morgan fingerprint density at radius 1 is 1.07 bits per heavy atom. The summed E-state index contributed by atoms with van der Waals surface area (Å²) < 4.78 is 5.20. The van der Waals surface area contributed by atoms with E-state index in [1.165, 1.54) is 0 Å². The van der Waals surface area contributed by atoms with Crippen LogP contribution in [0.1, 0.15) is 5.56 Å². The fourth-order valence-corrected chi connectivity index (χ4v) is 1.54. The van der Waals surface area contributed by atoms with Crippen LogP contribution in [0.2, 0.25) is 0 Å². The van der Waals surface area contributed by atoms with Crippen LogP contribution in [0, 0.1) is 0 Å². The zero-order chi connectivity index (χ0) is 9.97. The van der Waals surface area contributed by atoms with Gasteiger partial charge >= 0.3 is 0 Å². The average Bonchev–Trinajstić information content (AvgIpc) is 2.27. The minimum absolute atomic E-state index is 0.571. The van der Waals surface area contributed by atoms with Crippen LogP contribution in [0.25, 0.3) is 10.8 Å². The Hall–Kier alpha value is -1.83. The van der Waals surface area contributed by atoms with Crippen molar-refractivity contribution in [3.05, 3.63) is 42.0 Å². The van der Waals surface area contributed by atoms with Crippen molar-refractivity contribution < 1.29 is 9.53 Å².